The van der Waals surface area contributed by atoms with Gasteiger partial charge in [0, 0.05) is 12.8 Å². The standard InChI is InChI=1S/C22H42O6/c1-8-13-18(14-9-11-16-19(23)25-27-21(2,3)4)15-10-12-17-20(24)26-28-22(5,6)7/h18H,8-17H2,1-7H3. The molecular weight excluding hydrogens is 360 g/mol. The summed E-state index contributed by atoms with van der Waals surface area (Å²) >= 11 is 0. The van der Waals surface area contributed by atoms with Gasteiger partial charge >= 0.3 is 11.9 Å². The highest BCUT2D eigenvalue weighted by Crippen LogP contribution is 2.22. The molecule has 0 N–H and O–H groups in total. The number of hydrogen-bond donors (Lipinski definition) is 0. The fourth-order valence-corrected chi connectivity index (χ4v) is 2.67. The van der Waals surface area contributed by atoms with Crippen LogP contribution >= 0.6 is 0 Å². The van der Waals surface area contributed by atoms with Crippen molar-refractivity contribution in [2.75, 3.05) is 0 Å². The highest BCUT2D eigenvalue weighted by atomic mass is 17.2. The fourth-order valence-electron chi connectivity index (χ4n) is 2.67. The Labute approximate surface area is 171 Å². The van der Waals surface area contributed by atoms with E-state index in [1.54, 1.807) is 0 Å². The van der Waals surface area contributed by atoms with Crippen LogP contribution in [-0.4, -0.2) is 23.1 Å². The molecule has 0 radical (unpaired) electrons. The molecule has 0 aliphatic carbocycles. The number of carbonyl (C=O) groups is 2. The normalized spacial score (nSPS) is 12.3. The molecule has 0 saturated carbocycles. The van der Waals surface area contributed by atoms with Gasteiger partial charge in [-0.1, -0.05) is 45.4 Å². The molecule has 28 heavy (non-hydrogen) atoms. The Bertz CT molecular complexity index is 395. The van der Waals surface area contributed by atoms with Gasteiger partial charge in [0.25, 0.3) is 0 Å². The Balaban J connectivity index is 3.88. The van der Waals surface area contributed by atoms with E-state index in [1.165, 1.54) is 6.42 Å². The molecule has 6 heteroatoms. The minimum absolute atomic E-state index is 0.307. The first kappa shape index (κ1) is 26.9. The Morgan fingerprint density at radius 3 is 1.39 bits per heavy atom. The molecule has 0 heterocycles. The van der Waals surface area contributed by atoms with Crippen LogP contribution < -0.4 is 0 Å². The highest BCUT2D eigenvalue weighted by molar-refractivity contribution is 5.68. The minimum atomic E-state index is -0.479. The molecule has 0 spiro atoms. The van der Waals surface area contributed by atoms with Crippen molar-refractivity contribution in [2.24, 2.45) is 5.92 Å². The summed E-state index contributed by atoms with van der Waals surface area (Å²) in [5.74, 6) is 0.0181. The lowest BCUT2D eigenvalue weighted by atomic mass is 9.91. The van der Waals surface area contributed by atoms with Gasteiger partial charge in [-0.3, -0.25) is 9.78 Å². The predicted molar refractivity (Wildman–Crippen MR) is 109 cm³/mol. The van der Waals surface area contributed by atoms with Gasteiger partial charge in [0.1, 0.15) is 11.2 Å². The van der Waals surface area contributed by atoms with Crippen molar-refractivity contribution in [3.63, 3.8) is 0 Å². The van der Waals surface area contributed by atoms with Gasteiger partial charge < -0.3 is 0 Å². The molecular formula is C22H42O6. The Morgan fingerprint density at radius 2 is 1.07 bits per heavy atom. The molecule has 0 fully saturated rings. The first-order valence-corrected chi connectivity index (χ1v) is 10.7. The van der Waals surface area contributed by atoms with Gasteiger partial charge in [-0.15, -0.1) is 0 Å². The third-order valence-corrected chi connectivity index (χ3v) is 3.95. The van der Waals surface area contributed by atoms with Crippen LogP contribution in [0.25, 0.3) is 0 Å². The lowest BCUT2D eigenvalue weighted by Gasteiger charge is -2.17. The van der Waals surface area contributed by atoms with Crippen molar-refractivity contribution < 1.29 is 29.1 Å². The SMILES string of the molecule is CCCC(CCCCC(=O)OOC(C)(C)C)CCCCC(=O)OOC(C)(C)C. The van der Waals surface area contributed by atoms with Crippen molar-refractivity contribution in [1.82, 2.24) is 0 Å². The minimum Gasteiger partial charge on any atom is -0.298 e. The monoisotopic (exact) mass is 402 g/mol. The van der Waals surface area contributed by atoms with Crippen molar-refractivity contribution in [3.05, 3.63) is 0 Å². The van der Waals surface area contributed by atoms with Crippen LogP contribution in [0.3, 0.4) is 0 Å². The lowest BCUT2D eigenvalue weighted by Crippen LogP contribution is -2.21. The van der Waals surface area contributed by atoms with E-state index in [0.29, 0.717) is 18.8 Å². The van der Waals surface area contributed by atoms with E-state index in [4.69, 9.17) is 19.6 Å². The van der Waals surface area contributed by atoms with Crippen LogP contribution in [-0.2, 0) is 29.1 Å². The van der Waals surface area contributed by atoms with Gasteiger partial charge in [-0.05, 0) is 60.3 Å². The zero-order valence-corrected chi connectivity index (χ0v) is 19.1. The number of carbonyl (C=O) groups excluding carboxylic acids is 2. The van der Waals surface area contributed by atoms with Gasteiger partial charge in [-0.25, -0.2) is 9.59 Å². The fraction of sp³-hybridized carbons (Fsp3) is 0.909. The molecule has 0 aliphatic rings. The number of hydrogen-bond acceptors (Lipinski definition) is 6. The summed E-state index contributed by atoms with van der Waals surface area (Å²) in [6.45, 7) is 13.2. The lowest BCUT2D eigenvalue weighted by molar-refractivity contribution is -0.320. The van der Waals surface area contributed by atoms with Gasteiger partial charge in [0.15, 0.2) is 0 Å². The molecule has 0 aliphatic heterocycles. The van der Waals surface area contributed by atoms with Crippen LogP contribution in [0, 0.1) is 5.92 Å². The number of rotatable bonds is 14. The number of unbranched alkanes of at least 4 members (excludes halogenated alkanes) is 2. The first-order chi connectivity index (χ1) is 12.9. The summed E-state index contributed by atoms with van der Waals surface area (Å²) in [4.78, 5) is 43.0. The molecule has 6 nitrogen and oxygen atoms in total. The van der Waals surface area contributed by atoms with Crippen molar-refractivity contribution in [3.8, 4) is 0 Å². The molecule has 0 aromatic rings. The van der Waals surface area contributed by atoms with Crippen LogP contribution in [0.15, 0.2) is 0 Å². The van der Waals surface area contributed by atoms with E-state index in [0.717, 1.165) is 44.9 Å². The van der Waals surface area contributed by atoms with Gasteiger partial charge in [0.2, 0.25) is 0 Å². The maximum absolute atomic E-state index is 11.6. The van der Waals surface area contributed by atoms with Crippen molar-refractivity contribution in [1.29, 1.82) is 0 Å². The van der Waals surface area contributed by atoms with Crippen LogP contribution in [0.5, 0.6) is 0 Å². The van der Waals surface area contributed by atoms with Crippen LogP contribution in [0.1, 0.15) is 113 Å². The van der Waals surface area contributed by atoms with E-state index in [1.807, 2.05) is 41.5 Å². The molecule has 166 valence electrons. The van der Waals surface area contributed by atoms with Crippen LogP contribution in [0.2, 0.25) is 0 Å². The van der Waals surface area contributed by atoms with E-state index >= 15 is 0 Å². The molecule has 0 rings (SSSR count). The zero-order valence-electron chi connectivity index (χ0n) is 19.1. The second-order valence-corrected chi connectivity index (χ2v) is 9.45. The van der Waals surface area contributed by atoms with Gasteiger partial charge in [0.05, 0.1) is 0 Å². The summed E-state index contributed by atoms with van der Waals surface area (Å²) in [7, 11) is 0. The molecule has 0 unspecified atom stereocenters. The summed E-state index contributed by atoms with van der Waals surface area (Å²) in [5, 5.41) is 0. The first-order valence-electron chi connectivity index (χ1n) is 10.7. The smallest absolute Gasteiger partial charge is 0.298 e. The van der Waals surface area contributed by atoms with E-state index in [9.17, 15) is 9.59 Å². The molecule has 0 atom stereocenters. The van der Waals surface area contributed by atoms with E-state index in [2.05, 4.69) is 6.92 Å². The predicted octanol–water partition coefficient (Wildman–Crippen LogP) is 6.07. The van der Waals surface area contributed by atoms with E-state index in [-0.39, 0.29) is 11.9 Å². The summed E-state index contributed by atoms with van der Waals surface area (Å²) in [6.07, 6.45) is 8.89. The maximum atomic E-state index is 11.6. The third-order valence-electron chi connectivity index (χ3n) is 3.95. The quantitative estimate of drug-likeness (QED) is 0.199. The summed E-state index contributed by atoms with van der Waals surface area (Å²) < 4.78 is 0. The van der Waals surface area contributed by atoms with Gasteiger partial charge in [-0.2, -0.15) is 9.78 Å². The molecule has 0 bridgehead atoms. The average molecular weight is 403 g/mol. The topological polar surface area (TPSA) is 71.1 Å². The zero-order chi connectivity index (χ0) is 21.6. The van der Waals surface area contributed by atoms with Crippen molar-refractivity contribution in [2.45, 2.75) is 124 Å². The highest BCUT2D eigenvalue weighted by Gasteiger charge is 2.16. The third kappa shape index (κ3) is 18.2. The maximum Gasteiger partial charge on any atom is 0.342 e. The largest absolute Gasteiger partial charge is 0.342 e. The summed E-state index contributed by atoms with van der Waals surface area (Å²) in [5.41, 5.74) is -0.958. The Hall–Kier alpha value is -1.14. The Kier molecular flexibility index (Phi) is 13.4. The average Bonchev–Trinajstić information content (AvgIpc) is 2.57. The molecule has 0 amide bonds. The molecule has 0 aromatic heterocycles. The van der Waals surface area contributed by atoms with Crippen molar-refractivity contribution >= 4 is 11.9 Å². The second-order valence-electron chi connectivity index (χ2n) is 9.45. The molecule has 0 saturated heterocycles. The molecule has 0 aromatic carbocycles. The Morgan fingerprint density at radius 1 is 0.679 bits per heavy atom. The summed E-state index contributed by atoms with van der Waals surface area (Å²) in [6, 6.07) is 0. The van der Waals surface area contributed by atoms with E-state index < -0.39 is 11.2 Å². The van der Waals surface area contributed by atoms with Crippen LogP contribution in [0.4, 0.5) is 0 Å². The second kappa shape index (κ2) is 13.9.